The Bertz CT molecular complexity index is 610. The first-order chi connectivity index (χ1) is 9.41. The molecule has 0 fully saturated rings. The zero-order valence-corrected chi connectivity index (χ0v) is 10.8. The third kappa shape index (κ3) is 3.22. The van der Waals surface area contributed by atoms with Gasteiger partial charge in [0, 0.05) is 5.88 Å². The van der Waals surface area contributed by atoms with Gasteiger partial charge in [-0.3, -0.25) is 0 Å². The lowest BCUT2D eigenvalue weighted by molar-refractivity contribution is -0.138. The molecule has 0 saturated carbocycles. The van der Waals surface area contributed by atoms with Crippen molar-refractivity contribution in [3.05, 3.63) is 59.4 Å². The molecule has 1 nitrogen and oxygen atoms in total. The molecule has 0 aromatic heterocycles. The van der Waals surface area contributed by atoms with Gasteiger partial charge in [0.25, 0.3) is 0 Å². The largest absolute Gasteiger partial charge is 0.454 e. The average molecular weight is 305 g/mol. The van der Waals surface area contributed by atoms with Crippen LogP contribution in [0.4, 0.5) is 17.6 Å². The monoisotopic (exact) mass is 304 g/mol. The van der Waals surface area contributed by atoms with Crippen LogP contribution in [0.25, 0.3) is 0 Å². The summed E-state index contributed by atoms with van der Waals surface area (Å²) in [7, 11) is 0. The molecule has 0 aliphatic rings. The zero-order chi connectivity index (χ0) is 14.8. The number of halogens is 5. The van der Waals surface area contributed by atoms with Gasteiger partial charge < -0.3 is 4.74 Å². The number of alkyl halides is 4. The van der Waals surface area contributed by atoms with Gasteiger partial charge in [0.2, 0.25) is 0 Å². The van der Waals surface area contributed by atoms with Crippen LogP contribution in [0, 0.1) is 5.82 Å². The lowest BCUT2D eigenvalue weighted by Crippen LogP contribution is -2.08. The lowest BCUT2D eigenvalue weighted by atomic mass is 10.1. The molecule has 0 N–H and O–H groups in total. The first kappa shape index (κ1) is 14.7. The second-order valence-electron chi connectivity index (χ2n) is 3.98. The highest BCUT2D eigenvalue weighted by atomic mass is 35.5. The quantitative estimate of drug-likeness (QED) is 0.547. The van der Waals surface area contributed by atoms with Crippen molar-refractivity contribution in [2.75, 3.05) is 0 Å². The van der Waals surface area contributed by atoms with E-state index in [0.29, 0.717) is 0 Å². The van der Waals surface area contributed by atoms with E-state index in [4.69, 9.17) is 16.3 Å². The Morgan fingerprint density at radius 2 is 1.75 bits per heavy atom. The molecule has 0 radical (unpaired) electrons. The molecule has 0 aliphatic heterocycles. The Balaban J connectivity index is 2.37. The summed E-state index contributed by atoms with van der Waals surface area (Å²) in [5.74, 6) is -1.16. The summed E-state index contributed by atoms with van der Waals surface area (Å²) in [6.07, 6.45) is -4.54. The van der Waals surface area contributed by atoms with E-state index in [2.05, 4.69) is 0 Å². The van der Waals surface area contributed by atoms with Crippen molar-refractivity contribution < 1.29 is 22.3 Å². The minimum atomic E-state index is -4.54. The van der Waals surface area contributed by atoms with Crippen molar-refractivity contribution in [3.63, 3.8) is 0 Å². The van der Waals surface area contributed by atoms with Crippen LogP contribution in [0.1, 0.15) is 11.1 Å². The van der Waals surface area contributed by atoms with E-state index in [-0.39, 0.29) is 22.9 Å². The van der Waals surface area contributed by atoms with Gasteiger partial charge in [0.15, 0.2) is 11.6 Å². The molecule has 0 saturated heterocycles. The highest BCUT2D eigenvalue weighted by Gasteiger charge is 2.33. The first-order valence-corrected chi connectivity index (χ1v) is 6.13. The third-order valence-corrected chi connectivity index (χ3v) is 2.88. The third-order valence-electron chi connectivity index (χ3n) is 2.60. The van der Waals surface area contributed by atoms with Crippen LogP contribution in [0.2, 0.25) is 0 Å². The summed E-state index contributed by atoms with van der Waals surface area (Å²) in [4.78, 5) is 0. The first-order valence-electron chi connectivity index (χ1n) is 5.60. The van der Waals surface area contributed by atoms with Gasteiger partial charge in [0.05, 0.1) is 5.56 Å². The standard InChI is InChI=1S/C14H9ClF4O/c15-8-9-5-6-10(7-11(9)14(17,18)19)20-13-4-2-1-3-12(13)16/h1-7H,8H2. The Morgan fingerprint density at radius 1 is 1.05 bits per heavy atom. The molecule has 106 valence electrons. The number of rotatable bonds is 3. The van der Waals surface area contributed by atoms with E-state index < -0.39 is 17.6 Å². The normalized spacial score (nSPS) is 11.4. The molecule has 20 heavy (non-hydrogen) atoms. The second kappa shape index (κ2) is 5.71. The molecular weight excluding hydrogens is 296 g/mol. The van der Waals surface area contributed by atoms with Crippen molar-refractivity contribution in [1.29, 1.82) is 0 Å². The molecule has 0 heterocycles. The molecule has 0 unspecified atom stereocenters. The van der Waals surface area contributed by atoms with E-state index in [1.807, 2.05) is 0 Å². The van der Waals surface area contributed by atoms with Crippen LogP contribution in [0.15, 0.2) is 42.5 Å². The predicted octanol–water partition coefficient (Wildman–Crippen LogP) is 5.38. The Hall–Kier alpha value is -1.75. The van der Waals surface area contributed by atoms with Gasteiger partial charge in [-0.2, -0.15) is 13.2 Å². The highest BCUT2D eigenvalue weighted by molar-refractivity contribution is 6.17. The molecule has 0 spiro atoms. The smallest absolute Gasteiger partial charge is 0.416 e. The SMILES string of the molecule is Fc1ccccc1Oc1ccc(CCl)c(C(F)(F)F)c1. The van der Waals surface area contributed by atoms with Gasteiger partial charge in [0.1, 0.15) is 5.75 Å². The average Bonchev–Trinajstić information content (AvgIpc) is 2.40. The molecular formula is C14H9ClF4O. The summed E-state index contributed by atoms with van der Waals surface area (Å²) < 4.78 is 57.0. The highest BCUT2D eigenvalue weighted by Crippen LogP contribution is 2.36. The molecule has 0 amide bonds. The van der Waals surface area contributed by atoms with E-state index in [1.165, 1.54) is 30.3 Å². The number of hydrogen-bond donors (Lipinski definition) is 0. The maximum atomic E-state index is 13.4. The van der Waals surface area contributed by atoms with Crippen molar-refractivity contribution in [2.45, 2.75) is 12.1 Å². The van der Waals surface area contributed by atoms with Crippen molar-refractivity contribution in [1.82, 2.24) is 0 Å². The van der Waals surface area contributed by atoms with Crippen molar-refractivity contribution in [2.24, 2.45) is 0 Å². The fourth-order valence-electron chi connectivity index (χ4n) is 1.65. The molecule has 2 aromatic rings. The van der Waals surface area contributed by atoms with Crippen LogP contribution in [-0.4, -0.2) is 0 Å². The minimum Gasteiger partial charge on any atom is -0.454 e. The van der Waals surface area contributed by atoms with Crippen LogP contribution < -0.4 is 4.74 Å². The van der Waals surface area contributed by atoms with E-state index >= 15 is 0 Å². The second-order valence-corrected chi connectivity index (χ2v) is 4.25. The number of hydrogen-bond acceptors (Lipinski definition) is 1. The van der Waals surface area contributed by atoms with Gasteiger partial charge in [-0.15, -0.1) is 11.6 Å². The van der Waals surface area contributed by atoms with Crippen LogP contribution in [0.5, 0.6) is 11.5 Å². The van der Waals surface area contributed by atoms with Crippen LogP contribution >= 0.6 is 11.6 Å². The van der Waals surface area contributed by atoms with Gasteiger partial charge in [-0.25, -0.2) is 4.39 Å². The van der Waals surface area contributed by atoms with Gasteiger partial charge in [-0.05, 0) is 29.8 Å². The minimum absolute atomic E-state index is 0.0555. The molecule has 0 bridgehead atoms. The van der Waals surface area contributed by atoms with Crippen molar-refractivity contribution >= 4 is 11.6 Å². The van der Waals surface area contributed by atoms with Crippen LogP contribution in [0.3, 0.4) is 0 Å². The molecule has 6 heteroatoms. The Labute approximate surface area is 117 Å². The zero-order valence-electron chi connectivity index (χ0n) is 10.0. The molecule has 2 rings (SSSR count). The molecule has 0 atom stereocenters. The molecule has 0 aliphatic carbocycles. The summed E-state index contributed by atoms with van der Waals surface area (Å²) >= 11 is 5.48. The summed E-state index contributed by atoms with van der Waals surface area (Å²) in [6, 6.07) is 8.82. The molecule has 2 aromatic carbocycles. The maximum Gasteiger partial charge on any atom is 0.416 e. The van der Waals surface area contributed by atoms with Crippen LogP contribution in [-0.2, 0) is 12.1 Å². The summed E-state index contributed by atoms with van der Waals surface area (Å²) in [5.41, 5.74) is -0.943. The number of para-hydroxylation sites is 1. The van der Waals surface area contributed by atoms with Gasteiger partial charge in [-0.1, -0.05) is 18.2 Å². The fourth-order valence-corrected chi connectivity index (χ4v) is 1.89. The topological polar surface area (TPSA) is 9.23 Å². The number of ether oxygens (including phenoxy) is 1. The maximum absolute atomic E-state index is 13.4. The van der Waals surface area contributed by atoms with Crippen molar-refractivity contribution in [3.8, 4) is 11.5 Å². The summed E-state index contributed by atoms with van der Waals surface area (Å²) in [6.45, 7) is 0. The predicted molar refractivity (Wildman–Crippen MR) is 67.5 cm³/mol. The lowest BCUT2D eigenvalue weighted by Gasteiger charge is -2.13. The summed E-state index contributed by atoms with van der Waals surface area (Å²) in [5, 5.41) is 0. The van der Waals surface area contributed by atoms with E-state index in [0.717, 1.165) is 12.1 Å². The van der Waals surface area contributed by atoms with E-state index in [1.54, 1.807) is 0 Å². The Morgan fingerprint density at radius 3 is 2.35 bits per heavy atom. The number of benzene rings is 2. The van der Waals surface area contributed by atoms with E-state index in [9.17, 15) is 17.6 Å². The fraction of sp³-hybridized carbons (Fsp3) is 0.143. The Kier molecular flexibility index (Phi) is 4.18. The van der Waals surface area contributed by atoms with Gasteiger partial charge >= 0.3 is 6.18 Å².